The van der Waals surface area contributed by atoms with Crippen molar-refractivity contribution in [1.82, 2.24) is 24.3 Å². The van der Waals surface area contributed by atoms with Gasteiger partial charge in [0.2, 0.25) is 0 Å². The standard InChI is InChI=1S/C25H22FN5O/c1-17-15-30(16-27-17)22-11-5-18(14-23(22)32-2)6-12-24-28-25-21(4-3-13-31(25)29-24)19-7-9-20(26)10-8-19/h4-12,14-16H,3,13H2,1-2H3/b12-6+. The van der Waals surface area contributed by atoms with Crippen molar-refractivity contribution in [1.29, 1.82) is 0 Å². The molecule has 0 bridgehead atoms. The summed E-state index contributed by atoms with van der Waals surface area (Å²) < 4.78 is 22.8. The lowest BCUT2D eigenvalue weighted by atomic mass is 10.0. The van der Waals surface area contributed by atoms with Gasteiger partial charge in [-0.2, -0.15) is 5.10 Å². The van der Waals surface area contributed by atoms with E-state index in [1.54, 1.807) is 25.6 Å². The topological polar surface area (TPSA) is 57.8 Å². The molecule has 1 aliphatic rings. The van der Waals surface area contributed by atoms with E-state index in [2.05, 4.69) is 16.2 Å². The van der Waals surface area contributed by atoms with Crippen molar-refractivity contribution in [2.24, 2.45) is 0 Å². The molecular weight excluding hydrogens is 405 g/mol. The van der Waals surface area contributed by atoms with Crippen molar-refractivity contribution in [2.75, 3.05) is 7.11 Å². The Morgan fingerprint density at radius 2 is 1.94 bits per heavy atom. The first-order valence-electron chi connectivity index (χ1n) is 10.4. The molecule has 32 heavy (non-hydrogen) atoms. The maximum atomic E-state index is 13.3. The van der Waals surface area contributed by atoms with Crippen molar-refractivity contribution in [2.45, 2.75) is 19.9 Å². The average molecular weight is 427 g/mol. The van der Waals surface area contributed by atoms with Gasteiger partial charge >= 0.3 is 0 Å². The van der Waals surface area contributed by atoms with Gasteiger partial charge in [-0.1, -0.05) is 30.4 Å². The van der Waals surface area contributed by atoms with Gasteiger partial charge in [0.25, 0.3) is 0 Å². The van der Waals surface area contributed by atoms with Crippen LogP contribution in [0.15, 0.2) is 61.1 Å². The monoisotopic (exact) mass is 427 g/mol. The van der Waals surface area contributed by atoms with Gasteiger partial charge in [0.15, 0.2) is 11.6 Å². The third-order valence-corrected chi connectivity index (χ3v) is 5.39. The van der Waals surface area contributed by atoms with E-state index in [4.69, 9.17) is 9.72 Å². The second kappa shape index (κ2) is 8.26. The SMILES string of the molecule is COc1cc(/C=C/c2nc3n(n2)CCC=C3c2ccc(F)cc2)ccc1-n1cnc(C)c1. The minimum Gasteiger partial charge on any atom is -0.495 e. The molecule has 0 spiro atoms. The van der Waals surface area contributed by atoms with Crippen molar-refractivity contribution < 1.29 is 9.13 Å². The number of benzene rings is 2. The molecule has 2 aromatic carbocycles. The fourth-order valence-electron chi connectivity index (χ4n) is 3.82. The number of hydrogen-bond acceptors (Lipinski definition) is 4. The summed E-state index contributed by atoms with van der Waals surface area (Å²) in [5.41, 5.74) is 4.76. The molecule has 0 amide bonds. The minimum atomic E-state index is -0.250. The van der Waals surface area contributed by atoms with Crippen LogP contribution >= 0.6 is 0 Å². The maximum absolute atomic E-state index is 13.3. The molecule has 0 unspecified atom stereocenters. The number of halogens is 1. The largest absolute Gasteiger partial charge is 0.495 e. The van der Waals surface area contributed by atoms with Gasteiger partial charge in [-0.25, -0.2) is 19.0 Å². The van der Waals surface area contributed by atoms with Gasteiger partial charge in [-0.3, -0.25) is 0 Å². The fraction of sp³-hybridized carbons (Fsp3) is 0.160. The lowest BCUT2D eigenvalue weighted by molar-refractivity contribution is 0.413. The number of allylic oxidation sites excluding steroid dienone is 1. The van der Waals surface area contributed by atoms with E-state index in [0.29, 0.717) is 5.82 Å². The third-order valence-electron chi connectivity index (χ3n) is 5.39. The summed E-state index contributed by atoms with van der Waals surface area (Å²) >= 11 is 0. The quantitative estimate of drug-likeness (QED) is 0.453. The Balaban J connectivity index is 1.41. The van der Waals surface area contributed by atoms with Gasteiger partial charge in [-0.15, -0.1) is 0 Å². The molecule has 0 fully saturated rings. The van der Waals surface area contributed by atoms with E-state index in [1.165, 1.54) is 12.1 Å². The second-order valence-corrected chi connectivity index (χ2v) is 7.62. The first-order chi connectivity index (χ1) is 15.6. The molecule has 3 heterocycles. The zero-order valence-electron chi connectivity index (χ0n) is 17.9. The van der Waals surface area contributed by atoms with Crippen molar-refractivity contribution in [3.05, 3.63) is 95.4 Å². The zero-order valence-corrected chi connectivity index (χ0v) is 17.9. The van der Waals surface area contributed by atoms with E-state index in [0.717, 1.165) is 52.6 Å². The molecule has 4 aromatic rings. The predicted molar refractivity (Wildman–Crippen MR) is 122 cm³/mol. The Morgan fingerprint density at radius 3 is 2.69 bits per heavy atom. The van der Waals surface area contributed by atoms with Crippen LogP contribution in [0, 0.1) is 12.7 Å². The van der Waals surface area contributed by atoms with Crippen LogP contribution in [0.2, 0.25) is 0 Å². The molecular formula is C25H22FN5O. The average Bonchev–Trinajstić information content (AvgIpc) is 3.43. The van der Waals surface area contributed by atoms with Crippen LogP contribution < -0.4 is 4.74 Å². The van der Waals surface area contributed by atoms with Crippen LogP contribution in [0.4, 0.5) is 4.39 Å². The number of imidazole rings is 1. The first-order valence-corrected chi connectivity index (χ1v) is 10.4. The van der Waals surface area contributed by atoms with Gasteiger partial charge < -0.3 is 9.30 Å². The first kappa shape index (κ1) is 19.9. The number of nitrogens with zero attached hydrogens (tertiary/aromatic N) is 5. The lowest BCUT2D eigenvalue weighted by Gasteiger charge is -2.14. The van der Waals surface area contributed by atoms with Gasteiger partial charge in [0.05, 0.1) is 24.8 Å². The molecule has 160 valence electrons. The number of rotatable bonds is 5. The Morgan fingerprint density at radius 1 is 1.09 bits per heavy atom. The highest BCUT2D eigenvalue weighted by Gasteiger charge is 2.18. The highest BCUT2D eigenvalue weighted by molar-refractivity contribution is 5.78. The Bertz CT molecular complexity index is 1330. The van der Waals surface area contributed by atoms with Crippen molar-refractivity contribution in [3.8, 4) is 11.4 Å². The number of methoxy groups -OCH3 is 1. The maximum Gasteiger partial charge on any atom is 0.174 e. The van der Waals surface area contributed by atoms with Gasteiger partial charge in [0, 0.05) is 18.3 Å². The zero-order chi connectivity index (χ0) is 22.1. The summed E-state index contributed by atoms with van der Waals surface area (Å²) in [6, 6.07) is 12.5. The van der Waals surface area contributed by atoms with E-state index < -0.39 is 0 Å². The van der Waals surface area contributed by atoms with Crippen molar-refractivity contribution >= 4 is 17.7 Å². The van der Waals surface area contributed by atoms with Crippen LogP contribution in [0.1, 0.15) is 34.9 Å². The molecule has 0 radical (unpaired) electrons. The summed E-state index contributed by atoms with van der Waals surface area (Å²) in [5, 5.41) is 4.63. The molecule has 0 atom stereocenters. The molecule has 2 aromatic heterocycles. The third kappa shape index (κ3) is 3.85. The van der Waals surface area contributed by atoms with E-state index in [1.807, 2.05) is 52.7 Å². The van der Waals surface area contributed by atoms with Crippen LogP contribution in [-0.4, -0.2) is 31.4 Å². The Kier molecular flexibility index (Phi) is 5.15. The second-order valence-electron chi connectivity index (χ2n) is 7.62. The Hall–Kier alpha value is -4.00. The molecule has 0 N–H and O–H groups in total. The smallest absolute Gasteiger partial charge is 0.174 e. The fourth-order valence-corrected chi connectivity index (χ4v) is 3.82. The number of ether oxygens (including phenoxy) is 1. The molecule has 5 rings (SSSR count). The minimum absolute atomic E-state index is 0.250. The molecule has 0 saturated carbocycles. The molecule has 7 heteroatoms. The number of fused-ring (bicyclic) bond motifs is 1. The Labute approximate surface area is 185 Å². The summed E-state index contributed by atoms with van der Waals surface area (Å²) in [4.78, 5) is 9.00. The number of aryl methyl sites for hydroxylation is 2. The van der Waals surface area contributed by atoms with Crippen LogP contribution in [0.5, 0.6) is 5.75 Å². The van der Waals surface area contributed by atoms with Gasteiger partial charge in [-0.05, 0) is 54.8 Å². The van der Waals surface area contributed by atoms with Crippen LogP contribution in [-0.2, 0) is 6.54 Å². The highest BCUT2D eigenvalue weighted by Crippen LogP contribution is 2.28. The summed E-state index contributed by atoms with van der Waals surface area (Å²) in [6.07, 6.45) is 10.6. The normalized spacial score (nSPS) is 13.3. The highest BCUT2D eigenvalue weighted by atomic mass is 19.1. The van der Waals surface area contributed by atoms with Crippen LogP contribution in [0.3, 0.4) is 0 Å². The molecule has 6 nitrogen and oxygen atoms in total. The molecule has 0 aliphatic carbocycles. The van der Waals surface area contributed by atoms with E-state index in [-0.39, 0.29) is 5.82 Å². The summed E-state index contributed by atoms with van der Waals surface area (Å²) in [6.45, 7) is 2.72. The lowest BCUT2D eigenvalue weighted by Crippen LogP contribution is -2.10. The number of hydrogen-bond donors (Lipinski definition) is 0. The molecule has 1 aliphatic heterocycles. The predicted octanol–water partition coefficient (Wildman–Crippen LogP) is 4.93. The van der Waals surface area contributed by atoms with E-state index in [9.17, 15) is 4.39 Å². The van der Waals surface area contributed by atoms with E-state index >= 15 is 0 Å². The van der Waals surface area contributed by atoms with Crippen molar-refractivity contribution in [3.63, 3.8) is 0 Å². The summed E-state index contributed by atoms with van der Waals surface area (Å²) in [5.74, 6) is 1.93. The van der Waals surface area contributed by atoms with Crippen LogP contribution in [0.25, 0.3) is 23.4 Å². The van der Waals surface area contributed by atoms with Gasteiger partial charge in [0.1, 0.15) is 11.6 Å². The summed E-state index contributed by atoms with van der Waals surface area (Å²) in [7, 11) is 1.66. The number of aromatic nitrogens is 5. The molecule has 0 saturated heterocycles.